The van der Waals surface area contributed by atoms with Crippen LogP contribution in [0.5, 0.6) is 0 Å². The number of fused-ring (bicyclic) bond motifs is 1. The van der Waals surface area contributed by atoms with Gasteiger partial charge in [-0.3, -0.25) is 4.57 Å². The fourth-order valence-corrected chi connectivity index (χ4v) is 2.67. The fourth-order valence-electron chi connectivity index (χ4n) is 1.94. The van der Waals surface area contributed by atoms with Gasteiger partial charge in [-0.05, 0) is 65.4 Å². The van der Waals surface area contributed by atoms with Crippen molar-refractivity contribution in [2.24, 2.45) is 0 Å². The van der Waals surface area contributed by atoms with Crippen molar-refractivity contribution in [2.75, 3.05) is 0 Å². The Balaban J connectivity index is 2.35. The second-order valence-corrected chi connectivity index (χ2v) is 5.84. The average Bonchev–Trinajstić information content (AvgIpc) is 2.68. The van der Waals surface area contributed by atoms with Crippen LogP contribution in [0.3, 0.4) is 0 Å². The first-order valence-corrected chi connectivity index (χ1v) is 7.18. The molecule has 0 aliphatic heterocycles. The quantitative estimate of drug-likeness (QED) is 0.636. The van der Waals surface area contributed by atoms with E-state index in [1.807, 2.05) is 41.8 Å². The molecule has 0 amide bonds. The first-order chi connectivity index (χ1) is 9.06. The van der Waals surface area contributed by atoms with Gasteiger partial charge in [-0.15, -0.1) is 0 Å². The van der Waals surface area contributed by atoms with Crippen molar-refractivity contribution in [3.05, 3.63) is 50.3 Å². The Kier molecular flexibility index (Phi) is 3.20. The van der Waals surface area contributed by atoms with Gasteiger partial charge in [0.25, 0.3) is 0 Å². The van der Waals surface area contributed by atoms with Crippen molar-refractivity contribution in [3.8, 4) is 5.69 Å². The number of imidazole rings is 1. The fraction of sp³-hybridized carbons (Fsp3) is 0.0769. The topological polar surface area (TPSA) is 33.6 Å². The van der Waals surface area contributed by atoms with Crippen molar-refractivity contribution in [2.45, 2.75) is 6.92 Å². The number of aromatic nitrogens is 3. The lowest BCUT2D eigenvalue weighted by molar-refractivity contribution is 1.04. The molecular formula is C13H9BrClN3S. The first-order valence-electron chi connectivity index (χ1n) is 5.60. The maximum atomic E-state index is 6.14. The number of pyridine rings is 1. The van der Waals surface area contributed by atoms with Gasteiger partial charge in [-0.1, -0.05) is 11.6 Å². The van der Waals surface area contributed by atoms with Crippen molar-refractivity contribution in [1.29, 1.82) is 0 Å². The number of H-pyrrole nitrogens is 1. The van der Waals surface area contributed by atoms with Gasteiger partial charge < -0.3 is 4.98 Å². The normalized spacial score (nSPS) is 11.1. The van der Waals surface area contributed by atoms with Gasteiger partial charge in [0, 0.05) is 10.2 Å². The van der Waals surface area contributed by atoms with Crippen LogP contribution < -0.4 is 0 Å². The first kappa shape index (κ1) is 12.8. The van der Waals surface area contributed by atoms with E-state index in [0.717, 1.165) is 27.0 Å². The number of hydrogen-bond donors (Lipinski definition) is 1. The second kappa shape index (κ2) is 4.74. The van der Waals surface area contributed by atoms with Crippen LogP contribution in [-0.4, -0.2) is 14.5 Å². The molecule has 19 heavy (non-hydrogen) atoms. The molecule has 0 spiro atoms. The predicted octanol–water partition coefficient (Wildman–Crippen LogP) is 4.81. The van der Waals surface area contributed by atoms with Crippen molar-refractivity contribution in [3.63, 3.8) is 0 Å². The summed E-state index contributed by atoms with van der Waals surface area (Å²) in [5, 5.41) is 0.640. The zero-order valence-corrected chi connectivity index (χ0v) is 13.1. The molecule has 6 heteroatoms. The third kappa shape index (κ3) is 2.22. The van der Waals surface area contributed by atoms with Crippen LogP contribution in [0.2, 0.25) is 5.02 Å². The van der Waals surface area contributed by atoms with E-state index in [9.17, 15) is 0 Å². The second-order valence-electron chi connectivity index (χ2n) is 4.19. The maximum absolute atomic E-state index is 6.14. The summed E-state index contributed by atoms with van der Waals surface area (Å²) in [4.78, 5) is 7.68. The number of aryl methyl sites for hydroxylation is 1. The Morgan fingerprint density at radius 2 is 2.11 bits per heavy atom. The zero-order chi connectivity index (χ0) is 13.6. The van der Waals surface area contributed by atoms with Gasteiger partial charge in [0.2, 0.25) is 0 Å². The Morgan fingerprint density at radius 1 is 1.32 bits per heavy atom. The summed E-state index contributed by atoms with van der Waals surface area (Å²) >= 11 is 14.9. The van der Waals surface area contributed by atoms with E-state index in [0.29, 0.717) is 9.79 Å². The van der Waals surface area contributed by atoms with Crippen molar-refractivity contribution in [1.82, 2.24) is 14.5 Å². The molecule has 0 radical (unpaired) electrons. The number of aromatic amines is 1. The number of nitrogens with one attached hydrogen (secondary N) is 1. The molecule has 2 heterocycles. The highest BCUT2D eigenvalue weighted by Gasteiger charge is 2.09. The van der Waals surface area contributed by atoms with E-state index >= 15 is 0 Å². The summed E-state index contributed by atoms with van der Waals surface area (Å²) in [5.74, 6) is 0. The molecule has 1 aromatic carbocycles. The zero-order valence-electron chi connectivity index (χ0n) is 9.95. The lowest BCUT2D eigenvalue weighted by Gasteiger charge is -2.05. The highest BCUT2D eigenvalue weighted by Crippen LogP contribution is 2.26. The number of halogens is 2. The largest absolute Gasteiger partial charge is 0.329 e. The Hall–Kier alpha value is -1.17. The van der Waals surface area contributed by atoms with Crippen LogP contribution in [-0.2, 0) is 0 Å². The highest BCUT2D eigenvalue weighted by atomic mass is 79.9. The summed E-state index contributed by atoms with van der Waals surface area (Å²) in [6.07, 6.45) is 0. The number of nitrogens with zero attached hydrogens (tertiary/aromatic N) is 2. The Bertz CT molecular complexity index is 838. The number of rotatable bonds is 1. The van der Waals surface area contributed by atoms with E-state index in [1.165, 1.54) is 0 Å². The van der Waals surface area contributed by atoms with Gasteiger partial charge in [0.1, 0.15) is 0 Å². The van der Waals surface area contributed by atoms with E-state index in [-0.39, 0.29) is 0 Å². The molecular weight excluding hydrogens is 346 g/mol. The minimum absolute atomic E-state index is 0.603. The lowest BCUT2D eigenvalue weighted by Crippen LogP contribution is -1.96. The van der Waals surface area contributed by atoms with Gasteiger partial charge >= 0.3 is 0 Å². The van der Waals surface area contributed by atoms with Gasteiger partial charge in [0.05, 0.1) is 16.2 Å². The minimum atomic E-state index is 0.603. The molecule has 0 fully saturated rings. The molecule has 1 N–H and O–H groups in total. The Labute approximate surface area is 128 Å². The average molecular weight is 355 g/mol. The summed E-state index contributed by atoms with van der Waals surface area (Å²) in [6, 6.07) is 9.63. The SMILES string of the molecule is Cc1ccc2[nH]c(=S)n(-c3ccc(Br)c(Cl)c3)c2n1. The maximum Gasteiger partial charge on any atom is 0.183 e. The monoisotopic (exact) mass is 353 g/mol. The molecule has 0 saturated carbocycles. The number of benzene rings is 1. The highest BCUT2D eigenvalue weighted by molar-refractivity contribution is 9.10. The van der Waals surface area contributed by atoms with E-state index in [1.54, 1.807) is 0 Å². The van der Waals surface area contributed by atoms with Crippen LogP contribution >= 0.6 is 39.7 Å². The standard InChI is InChI=1S/C13H9BrClN3S/c1-7-2-5-11-12(16-7)18(13(19)17-11)8-3-4-9(14)10(15)6-8/h2-6H,1H3,(H,17,19). The van der Waals surface area contributed by atoms with Gasteiger partial charge in [0.15, 0.2) is 10.4 Å². The van der Waals surface area contributed by atoms with Crippen LogP contribution in [0.25, 0.3) is 16.9 Å². The van der Waals surface area contributed by atoms with Crippen molar-refractivity contribution < 1.29 is 0 Å². The van der Waals surface area contributed by atoms with Crippen LogP contribution in [0.1, 0.15) is 5.69 Å². The van der Waals surface area contributed by atoms with E-state index < -0.39 is 0 Å². The summed E-state index contributed by atoms with van der Waals surface area (Å²) in [5.41, 5.74) is 3.55. The Morgan fingerprint density at radius 3 is 2.84 bits per heavy atom. The van der Waals surface area contributed by atoms with Gasteiger partial charge in [-0.2, -0.15) is 0 Å². The van der Waals surface area contributed by atoms with Crippen molar-refractivity contribution >= 4 is 50.9 Å². The van der Waals surface area contributed by atoms with E-state index in [4.69, 9.17) is 23.8 Å². The predicted molar refractivity (Wildman–Crippen MR) is 83.7 cm³/mol. The lowest BCUT2D eigenvalue weighted by atomic mass is 10.3. The van der Waals surface area contributed by atoms with Crippen LogP contribution in [0, 0.1) is 11.7 Å². The molecule has 3 rings (SSSR count). The number of hydrogen-bond acceptors (Lipinski definition) is 2. The summed E-state index contributed by atoms with van der Waals surface area (Å²) in [6.45, 7) is 1.95. The minimum Gasteiger partial charge on any atom is -0.329 e. The van der Waals surface area contributed by atoms with Crippen LogP contribution in [0.4, 0.5) is 0 Å². The summed E-state index contributed by atoms with van der Waals surface area (Å²) < 4.78 is 3.34. The summed E-state index contributed by atoms with van der Waals surface area (Å²) in [7, 11) is 0. The molecule has 3 nitrogen and oxygen atoms in total. The molecule has 0 aliphatic rings. The molecule has 0 atom stereocenters. The molecule has 0 aliphatic carbocycles. The smallest absolute Gasteiger partial charge is 0.183 e. The molecule has 0 bridgehead atoms. The molecule has 2 aromatic heterocycles. The molecule has 3 aromatic rings. The van der Waals surface area contributed by atoms with Gasteiger partial charge in [-0.25, -0.2) is 4.98 Å². The molecule has 0 saturated heterocycles. The van der Waals surface area contributed by atoms with Crippen LogP contribution in [0.15, 0.2) is 34.8 Å². The third-order valence-electron chi connectivity index (χ3n) is 2.83. The molecule has 96 valence electrons. The molecule has 0 unspecified atom stereocenters. The third-order valence-corrected chi connectivity index (χ3v) is 4.35. The van der Waals surface area contributed by atoms with E-state index in [2.05, 4.69) is 25.9 Å².